The number of amides is 1. The fourth-order valence-corrected chi connectivity index (χ4v) is 2.63. The fourth-order valence-electron chi connectivity index (χ4n) is 2.63. The Kier molecular flexibility index (Phi) is 3.04. The molecule has 1 heterocycles. The average Bonchev–Trinajstić information content (AvgIpc) is 2.53. The van der Waals surface area contributed by atoms with Gasteiger partial charge < -0.3 is 4.90 Å². The van der Waals surface area contributed by atoms with Crippen molar-refractivity contribution in [2.75, 3.05) is 13.6 Å². The van der Waals surface area contributed by atoms with Crippen LogP contribution in [-0.2, 0) is 4.79 Å². The van der Waals surface area contributed by atoms with E-state index in [0.29, 0.717) is 12.1 Å². The Morgan fingerprint density at radius 1 is 1.47 bits per heavy atom. The molecule has 1 aliphatic rings. The number of halogens is 1. The predicted molar refractivity (Wildman–Crippen MR) is 67.2 cm³/mol. The van der Waals surface area contributed by atoms with Gasteiger partial charge in [0, 0.05) is 25.6 Å². The van der Waals surface area contributed by atoms with Gasteiger partial charge in [-0.3, -0.25) is 14.9 Å². The van der Waals surface area contributed by atoms with Gasteiger partial charge in [-0.05, 0) is 11.6 Å². The molecule has 1 atom stereocenters. The van der Waals surface area contributed by atoms with Gasteiger partial charge in [-0.2, -0.15) is 4.39 Å². The Bertz CT molecular complexity index is 557. The van der Waals surface area contributed by atoms with E-state index in [1.54, 1.807) is 25.8 Å². The molecule has 2 rings (SSSR count). The number of benzene rings is 1. The fraction of sp³-hybridized carbons (Fsp3) is 0.462. The van der Waals surface area contributed by atoms with Gasteiger partial charge >= 0.3 is 5.69 Å². The van der Waals surface area contributed by atoms with Crippen molar-refractivity contribution < 1.29 is 14.1 Å². The maximum atomic E-state index is 13.3. The van der Waals surface area contributed by atoms with Gasteiger partial charge in [-0.25, -0.2) is 0 Å². The predicted octanol–water partition coefficient (Wildman–Crippen LogP) is 2.32. The molecule has 5 nitrogen and oxygen atoms in total. The number of nitro groups is 1. The third-order valence-electron chi connectivity index (χ3n) is 3.79. The summed E-state index contributed by atoms with van der Waals surface area (Å²) >= 11 is 0. The minimum atomic E-state index is -0.857. The Balaban J connectivity index is 2.46. The maximum Gasteiger partial charge on any atom is 0.305 e. The van der Waals surface area contributed by atoms with Crippen LogP contribution >= 0.6 is 0 Å². The molecule has 19 heavy (non-hydrogen) atoms. The van der Waals surface area contributed by atoms with Gasteiger partial charge in [0.2, 0.25) is 11.7 Å². The largest absolute Gasteiger partial charge is 0.345 e. The van der Waals surface area contributed by atoms with E-state index in [4.69, 9.17) is 0 Å². The molecule has 0 spiro atoms. The lowest BCUT2D eigenvalue weighted by atomic mass is 9.77. The minimum Gasteiger partial charge on any atom is -0.345 e. The van der Waals surface area contributed by atoms with E-state index in [1.165, 1.54) is 12.1 Å². The molecule has 0 N–H and O–H groups in total. The highest BCUT2D eigenvalue weighted by Crippen LogP contribution is 2.43. The number of nitrogens with zero attached hydrogens (tertiary/aromatic N) is 2. The molecule has 102 valence electrons. The first-order valence-electron chi connectivity index (χ1n) is 5.94. The van der Waals surface area contributed by atoms with Crippen LogP contribution in [0.25, 0.3) is 0 Å². The highest BCUT2D eigenvalue weighted by Gasteiger charge is 2.46. The van der Waals surface area contributed by atoms with Crippen LogP contribution < -0.4 is 0 Å². The smallest absolute Gasteiger partial charge is 0.305 e. The first-order chi connectivity index (χ1) is 8.75. The van der Waals surface area contributed by atoms with Crippen LogP contribution in [0.15, 0.2) is 18.2 Å². The molecule has 1 saturated heterocycles. The van der Waals surface area contributed by atoms with Crippen LogP contribution in [0, 0.1) is 21.3 Å². The van der Waals surface area contributed by atoms with Crippen molar-refractivity contribution >= 4 is 11.6 Å². The molecular formula is C13H15FN2O3. The molecule has 0 aliphatic carbocycles. The van der Waals surface area contributed by atoms with E-state index >= 15 is 0 Å². The molecule has 1 aliphatic heterocycles. The number of likely N-dealkylation sites (N-methyl/N-ethyl adjacent to an activating group) is 1. The highest BCUT2D eigenvalue weighted by atomic mass is 19.1. The van der Waals surface area contributed by atoms with Crippen molar-refractivity contribution in [2.45, 2.75) is 19.8 Å². The summed E-state index contributed by atoms with van der Waals surface area (Å²) in [5.74, 6) is -1.04. The molecule has 0 saturated carbocycles. The van der Waals surface area contributed by atoms with Crippen LogP contribution in [-0.4, -0.2) is 29.3 Å². The quantitative estimate of drug-likeness (QED) is 0.609. The van der Waals surface area contributed by atoms with Gasteiger partial charge in [0.05, 0.1) is 10.3 Å². The Morgan fingerprint density at radius 2 is 2.11 bits per heavy atom. The first-order valence-corrected chi connectivity index (χ1v) is 5.94. The molecule has 1 fully saturated rings. The van der Waals surface area contributed by atoms with E-state index < -0.39 is 21.8 Å². The summed E-state index contributed by atoms with van der Waals surface area (Å²) in [6, 6.07) is 3.84. The lowest BCUT2D eigenvalue weighted by molar-refractivity contribution is -0.387. The number of carbonyl (C=O) groups is 1. The first kappa shape index (κ1) is 13.5. The Hall–Kier alpha value is -1.98. The third kappa shape index (κ3) is 2.07. The molecule has 1 aromatic carbocycles. The van der Waals surface area contributed by atoms with Gasteiger partial charge in [-0.15, -0.1) is 0 Å². The molecular weight excluding hydrogens is 251 g/mol. The molecule has 0 radical (unpaired) electrons. The summed E-state index contributed by atoms with van der Waals surface area (Å²) in [5, 5.41) is 10.8. The number of nitro benzene ring substituents is 1. The van der Waals surface area contributed by atoms with Crippen LogP contribution in [0.3, 0.4) is 0 Å². The second-order valence-corrected chi connectivity index (χ2v) is 5.43. The summed E-state index contributed by atoms with van der Waals surface area (Å²) in [6.45, 7) is 4.09. The van der Waals surface area contributed by atoms with Gasteiger partial charge in [-0.1, -0.05) is 19.9 Å². The summed E-state index contributed by atoms with van der Waals surface area (Å²) in [7, 11) is 1.70. The van der Waals surface area contributed by atoms with E-state index in [0.717, 1.165) is 6.07 Å². The molecule has 1 aromatic rings. The monoisotopic (exact) mass is 266 g/mol. The summed E-state index contributed by atoms with van der Waals surface area (Å²) in [5.41, 5.74) is -0.563. The van der Waals surface area contributed by atoms with Crippen LogP contribution in [0.1, 0.15) is 25.3 Å². The van der Waals surface area contributed by atoms with E-state index in [-0.39, 0.29) is 11.8 Å². The Labute approximate surface area is 110 Å². The molecule has 1 unspecified atom stereocenters. The van der Waals surface area contributed by atoms with Gasteiger partial charge in [0.25, 0.3) is 0 Å². The minimum absolute atomic E-state index is 0.00974. The second-order valence-electron chi connectivity index (χ2n) is 5.43. The van der Waals surface area contributed by atoms with Crippen molar-refractivity contribution in [1.29, 1.82) is 0 Å². The van der Waals surface area contributed by atoms with E-state index in [9.17, 15) is 19.3 Å². The zero-order valence-corrected chi connectivity index (χ0v) is 11.0. The Morgan fingerprint density at radius 3 is 2.58 bits per heavy atom. The summed E-state index contributed by atoms with van der Waals surface area (Å²) in [6.07, 6.45) is 0. The van der Waals surface area contributed by atoms with Crippen molar-refractivity contribution in [1.82, 2.24) is 4.90 Å². The highest BCUT2D eigenvalue weighted by molar-refractivity contribution is 5.85. The van der Waals surface area contributed by atoms with Crippen LogP contribution in [0.4, 0.5) is 10.1 Å². The normalized spacial score (nSPS) is 21.8. The molecule has 6 heteroatoms. The number of hydrogen-bond acceptors (Lipinski definition) is 3. The lowest BCUT2D eigenvalue weighted by Gasteiger charge is -2.23. The van der Waals surface area contributed by atoms with Crippen LogP contribution in [0.5, 0.6) is 0 Å². The standard InChI is InChI=1S/C13H15FN2O3/c1-13(2)9(7-15(3)12(13)17)8-4-5-10(14)11(6-8)16(18)19/h4-6,9H,7H2,1-3H3. The molecule has 0 bridgehead atoms. The molecule has 0 aromatic heterocycles. The van der Waals surface area contributed by atoms with Crippen molar-refractivity contribution in [3.63, 3.8) is 0 Å². The summed E-state index contributed by atoms with van der Waals surface area (Å²) < 4.78 is 13.3. The average molecular weight is 266 g/mol. The zero-order chi connectivity index (χ0) is 14.4. The van der Waals surface area contributed by atoms with Crippen LogP contribution in [0.2, 0.25) is 0 Å². The zero-order valence-electron chi connectivity index (χ0n) is 11.0. The number of likely N-dealkylation sites (tertiary alicyclic amines) is 1. The SMILES string of the molecule is CN1CC(c2ccc(F)c([N+](=O)[O-])c2)C(C)(C)C1=O. The van der Waals surface area contributed by atoms with Crippen molar-refractivity contribution in [2.24, 2.45) is 5.41 Å². The maximum absolute atomic E-state index is 13.3. The van der Waals surface area contributed by atoms with Crippen molar-refractivity contribution in [3.05, 3.63) is 39.7 Å². The molecule has 1 amide bonds. The number of rotatable bonds is 2. The van der Waals surface area contributed by atoms with E-state index in [2.05, 4.69) is 0 Å². The van der Waals surface area contributed by atoms with Gasteiger partial charge in [0.1, 0.15) is 0 Å². The topological polar surface area (TPSA) is 63.4 Å². The lowest BCUT2D eigenvalue weighted by Crippen LogP contribution is -2.28. The number of carbonyl (C=O) groups excluding carboxylic acids is 1. The number of hydrogen-bond donors (Lipinski definition) is 0. The third-order valence-corrected chi connectivity index (χ3v) is 3.79. The van der Waals surface area contributed by atoms with Crippen molar-refractivity contribution in [3.8, 4) is 0 Å². The summed E-state index contributed by atoms with van der Waals surface area (Å²) in [4.78, 5) is 23.6. The van der Waals surface area contributed by atoms with E-state index in [1.807, 2.05) is 0 Å². The second kappa shape index (κ2) is 4.29. The van der Waals surface area contributed by atoms with Gasteiger partial charge in [0.15, 0.2) is 0 Å².